The molecular weight excluding hydrogens is 435 g/mol. The summed E-state index contributed by atoms with van der Waals surface area (Å²) in [6.07, 6.45) is 5.14. The summed E-state index contributed by atoms with van der Waals surface area (Å²) in [5.74, 6) is 0.545. The fourth-order valence-corrected chi connectivity index (χ4v) is 4.79. The van der Waals surface area contributed by atoms with Gasteiger partial charge in [-0.15, -0.1) is 0 Å². The molecule has 0 radical (unpaired) electrons. The molecule has 178 valence electrons. The number of likely N-dealkylation sites (tertiary alicyclic amines) is 1. The maximum atomic E-state index is 13.6. The molecule has 3 N–H and O–H groups in total. The number of aromatic nitrogens is 1. The van der Waals surface area contributed by atoms with Crippen LogP contribution in [0.15, 0.2) is 48.4 Å². The van der Waals surface area contributed by atoms with E-state index in [9.17, 15) is 14.3 Å². The van der Waals surface area contributed by atoms with E-state index in [1.807, 2.05) is 32.1 Å². The standard InChI is InChI=1S/C26H29FN4O3/c1-26(2)20(15-22(34-26)24-19-4-3-17(27)14-21(19)30-25(24)33)16-5-8-28-23(13-16)29-9-12-31-10-6-18(32)7-11-31/h3-5,8,13-15,18,32H,6-7,9-12H2,1-2H3,(H,28,29)(H,30,33). The number of hydrogen-bond acceptors (Lipinski definition) is 6. The Hall–Kier alpha value is -3.23. The molecule has 0 unspecified atom stereocenters. The number of aliphatic hydroxyl groups is 1. The van der Waals surface area contributed by atoms with Crippen molar-refractivity contribution in [2.24, 2.45) is 0 Å². The maximum Gasteiger partial charge on any atom is 0.260 e. The number of amides is 1. The molecule has 0 aliphatic carbocycles. The van der Waals surface area contributed by atoms with Crippen molar-refractivity contribution >= 4 is 28.6 Å². The van der Waals surface area contributed by atoms with Crippen LogP contribution < -0.4 is 10.6 Å². The fourth-order valence-electron chi connectivity index (χ4n) is 4.79. The smallest absolute Gasteiger partial charge is 0.260 e. The number of benzene rings is 1. The molecule has 5 rings (SSSR count). The summed E-state index contributed by atoms with van der Waals surface area (Å²) >= 11 is 0. The summed E-state index contributed by atoms with van der Waals surface area (Å²) in [6, 6.07) is 8.18. The van der Waals surface area contributed by atoms with E-state index >= 15 is 0 Å². The van der Waals surface area contributed by atoms with Crippen LogP contribution in [-0.2, 0) is 9.53 Å². The lowest BCUT2D eigenvalue weighted by Crippen LogP contribution is -2.38. The summed E-state index contributed by atoms with van der Waals surface area (Å²) in [6.45, 7) is 7.40. The number of halogens is 1. The first-order chi connectivity index (χ1) is 16.3. The van der Waals surface area contributed by atoms with Gasteiger partial charge in [-0.05, 0) is 68.7 Å². The second kappa shape index (κ2) is 8.85. The van der Waals surface area contributed by atoms with Crippen LogP contribution in [0, 0.1) is 5.82 Å². The number of fused-ring (bicyclic) bond motifs is 1. The number of hydrogen-bond donors (Lipinski definition) is 3. The molecule has 0 saturated carbocycles. The molecule has 1 saturated heterocycles. The molecule has 0 spiro atoms. The third-order valence-electron chi connectivity index (χ3n) is 6.62. The third kappa shape index (κ3) is 4.43. The van der Waals surface area contributed by atoms with Gasteiger partial charge >= 0.3 is 0 Å². The Labute approximate surface area is 198 Å². The van der Waals surface area contributed by atoms with Gasteiger partial charge < -0.3 is 25.4 Å². The van der Waals surface area contributed by atoms with Crippen LogP contribution in [0.3, 0.4) is 0 Å². The Bertz CT molecular complexity index is 1180. The van der Waals surface area contributed by atoms with Crippen molar-refractivity contribution in [2.75, 3.05) is 36.8 Å². The molecule has 7 nitrogen and oxygen atoms in total. The summed E-state index contributed by atoms with van der Waals surface area (Å²) in [5, 5.41) is 15.8. The predicted octanol–water partition coefficient (Wildman–Crippen LogP) is 3.64. The van der Waals surface area contributed by atoms with Crippen molar-refractivity contribution in [3.05, 3.63) is 65.3 Å². The average Bonchev–Trinajstić information content (AvgIpc) is 3.29. The molecular formula is C26H29FN4O3. The van der Waals surface area contributed by atoms with Crippen LogP contribution in [-0.4, -0.2) is 58.8 Å². The van der Waals surface area contributed by atoms with Gasteiger partial charge in [-0.25, -0.2) is 9.37 Å². The number of ether oxygens (including phenoxy) is 1. The van der Waals surface area contributed by atoms with E-state index in [4.69, 9.17) is 4.74 Å². The van der Waals surface area contributed by atoms with E-state index in [1.54, 1.807) is 12.3 Å². The van der Waals surface area contributed by atoms with Gasteiger partial charge in [-0.1, -0.05) is 0 Å². The minimum absolute atomic E-state index is 0.169. The van der Waals surface area contributed by atoms with Gasteiger partial charge in [0.1, 0.15) is 23.0 Å². The fraction of sp³-hybridized carbons (Fsp3) is 0.385. The Morgan fingerprint density at radius 1 is 1.26 bits per heavy atom. The van der Waals surface area contributed by atoms with Crippen LogP contribution in [0.2, 0.25) is 0 Å². The minimum Gasteiger partial charge on any atom is -0.482 e. The molecule has 1 aromatic heterocycles. The number of nitrogens with one attached hydrogen (secondary N) is 2. The highest BCUT2D eigenvalue weighted by molar-refractivity contribution is 6.32. The SMILES string of the molecule is CC1(C)OC(=C2C(=O)Nc3cc(F)ccc32)C=C1c1ccnc(NCCN2CCC(O)CC2)c1. The first-order valence-corrected chi connectivity index (χ1v) is 11.7. The van der Waals surface area contributed by atoms with Crippen molar-refractivity contribution in [1.82, 2.24) is 9.88 Å². The quantitative estimate of drug-likeness (QED) is 0.586. The van der Waals surface area contributed by atoms with Crippen molar-refractivity contribution in [3.63, 3.8) is 0 Å². The monoisotopic (exact) mass is 464 g/mol. The molecule has 1 aromatic carbocycles. The third-order valence-corrected chi connectivity index (χ3v) is 6.62. The van der Waals surface area contributed by atoms with Gasteiger partial charge in [-0.3, -0.25) is 4.79 Å². The van der Waals surface area contributed by atoms with E-state index in [1.165, 1.54) is 12.1 Å². The maximum absolute atomic E-state index is 13.6. The number of allylic oxidation sites excluding steroid dienone is 1. The van der Waals surface area contributed by atoms with Gasteiger partial charge in [0, 0.05) is 43.5 Å². The number of pyridine rings is 1. The largest absolute Gasteiger partial charge is 0.482 e. The second-order valence-electron chi connectivity index (χ2n) is 9.48. The highest BCUT2D eigenvalue weighted by Crippen LogP contribution is 2.44. The molecule has 0 atom stereocenters. The number of anilines is 2. The minimum atomic E-state index is -0.654. The van der Waals surface area contributed by atoms with Crippen LogP contribution in [0.4, 0.5) is 15.9 Å². The summed E-state index contributed by atoms with van der Waals surface area (Å²) < 4.78 is 19.8. The molecule has 3 aliphatic heterocycles. The lowest BCUT2D eigenvalue weighted by Gasteiger charge is -2.29. The molecule has 3 aliphatic rings. The lowest BCUT2D eigenvalue weighted by atomic mass is 9.92. The number of rotatable bonds is 5. The molecule has 1 fully saturated rings. The van der Waals surface area contributed by atoms with Gasteiger partial charge in [0.05, 0.1) is 17.4 Å². The molecule has 1 amide bonds. The molecule has 4 heterocycles. The van der Waals surface area contributed by atoms with E-state index in [-0.39, 0.29) is 12.0 Å². The van der Waals surface area contributed by atoms with Crippen molar-refractivity contribution < 1.29 is 19.0 Å². The van der Waals surface area contributed by atoms with E-state index < -0.39 is 11.4 Å². The number of nitrogens with zero attached hydrogens (tertiary/aromatic N) is 2. The van der Waals surface area contributed by atoms with Gasteiger partial charge in [0.2, 0.25) is 0 Å². The van der Waals surface area contributed by atoms with Crippen LogP contribution in [0.1, 0.15) is 37.8 Å². The Balaban J connectivity index is 1.36. The second-order valence-corrected chi connectivity index (χ2v) is 9.48. The molecule has 0 bridgehead atoms. The zero-order valence-corrected chi connectivity index (χ0v) is 19.4. The summed E-state index contributed by atoms with van der Waals surface area (Å²) in [4.78, 5) is 19.5. The normalized spacial score (nSPS) is 22.2. The Morgan fingerprint density at radius 3 is 2.85 bits per heavy atom. The molecule has 34 heavy (non-hydrogen) atoms. The van der Waals surface area contributed by atoms with E-state index in [0.29, 0.717) is 22.6 Å². The topological polar surface area (TPSA) is 86.7 Å². The Morgan fingerprint density at radius 2 is 2.06 bits per heavy atom. The first-order valence-electron chi connectivity index (χ1n) is 11.7. The highest BCUT2D eigenvalue weighted by atomic mass is 19.1. The van der Waals surface area contributed by atoms with Gasteiger partial charge in [-0.2, -0.15) is 0 Å². The number of piperidine rings is 1. The Kier molecular flexibility index (Phi) is 5.87. The first kappa shape index (κ1) is 22.6. The summed E-state index contributed by atoms with van der Waals surface area (Å²) in [5.41, 5.74) is 2.74. The van der Waals surface area contributed by atoms with Gasteiger partial charge in [0.25, 0.3) is 5.91 Å². The molecule has 8 heteroatoms. The average molecular weight is 465 g/mol. The summed E-state index contributed by atoms with van der Waals surface area (Å²) in [7, 11) is 0. The zero-order chi connectivity index (χ0) is 23.9. The van der Waals surface area contributed by atoms with Crippen molar-refractivity contribution in [3.8, 4) is 0 Å². The van der Waals surface area contributed by atoms with E-state index in [0.717, 1.165) is 56.0 Å². The predicted molar refractivity (Wildman–Crippen MR) is 129 cm³/mol. The van der Waals surface area contributed by atoms with Gasteiger partial charge in [0.15, 0.2) is 0 Å². The lowest BCUT2D eigenvalue weighted by molar-refractivity contribution is -0.111. The van der Waals surface area contributed by atoms with Crippen LogP contribution >= 0.6 is 0 Å². The van der Waals surface area contributed by atoms with E-state index in [2.05, 4.69) is 20.5 Å². The van der Waals surface area contributed by atoms with Crippen molar-refractivity contribution in [1.29, 1.82) is 0 Å². The van der Waals surface area contributed by atoms with Crippen LogP contribution in [0.5, 0.6) is 0 Å². The zero-order valence-electron chi connectivity index (χ0n) is 19.4. The number of carbonyl (C=O) groups excluding carboxylic acids is 1. The number of aliphatic hydroxyl groups excluding tert-OH is 1. The van der Waals surface area contributed by atoms with Crippen molar-refractivity contribution in [2.45, 2.75) is 38.4 Å². The molecule has 2 aromatic rings. The number of carbonyl (C=O) groups is 1. The highest BCUT2D eigenvalue weighted by Gasteiger charge is 2.38. The van der Waals surface area contributed by atoms with Crippen LogP contribution in [0.25, 0.3) is 11.1 Å².